The zero-order valence-electron chi connectivity index (χ0n) is 15.3. The molecule has 0 amide bonds. The predicted molar refractivity (Wildman–Crippen MR) is 102 cm³/mol. The van der Waals surface area contributed by atoms with Crippen LogP contribution in [0.3, 0.4) is 0 Å². The topological polar surface area (TPSA) is 28.5 Å². The highest BCUT2D eigenvalue weighted by atomic mass is 19.1. The van der Waals surface area contributed by atoms with E-state index in [-0.39, 0.29) is 5.82 Å². The highest BCUT2D eigenvalue weighted by Gasteiger charge is 2.14. The summed E-state index contributed by atoms with van der Waals surface area (Å²) in [7, 11) is 1.76. The summed E-state index contributed by atoms with van der Waals surface area (Å²) >= 11 is 0. The molecule has 4 heteroatoms. The van der Waals surface area contributed by atoms with Crippen LogP contribution in [0, 0.1) is 12.7 Å². The standard InChI is InChI=1S/C21H26FN3/c1-15-12-20(22)19(13-18(15)16(2)23-3)21-9-7-8-17(24-21)14-25-10-5-4-6-11-25/h7-9,12-13H,4-6,10-11,14H2,1-3H3. The molecule has 2 heterocycles. The molecule has 1 aliphatic rings. The number of hydrogen-bond donors (Lipinski definition) is 0. The molecule has 1 aliphatic heterocycles. The molecule has 25 heavy (non-hydrogen) atoms. The van der Waals surface area contributed by atoms with E-state index < -0.39 is 0 Å². The van der Waals surface area contributed by atoms with Crippen LogP contribution in [0.5, 0.6) is 0 Å². The minimum Gasteiger partial charge on any atom is -0.298 e. The summed E-state index contributed by atoms with van der Waals surface area (Å²) in [5.74, 6) is -0.229. The van der Waals surface area contributed by atoms with Crippen molar-refractivity contribution in [1.29, 1.82) is 0 Å². The summed E-state index contributed by atoms with van der Waals surface area (Å²) in [6.07, 6.45) is 3.83. The lowest BCUT2D eigenvalue weighted by molar-refractivity contribution is 0.218. The van der Waals surface area contributed by atoms with Gasteiger partial charge < -0.3 is 0 Å². The number of halogens is 1. The first kappa shape index (κ1) is 17.7. The van der Waals surface area contributed by atoms with Gasteiger partial charge >= 0.3 is 0 Å². The molecule has 0 spiro atoms. The van der Waals surface area contributed by atoms with Gasteiger partial charge in [0.1, 0.15) is 5.82 Å². The zero-order valence-corrected chi connectivity index (χ0v) is 15.3. The molecule has 0 bridgehead atoms. The number of aryl methyl sites for hydroxylation is 1. The second kappa shape index (κ2) is 7.87. The van der Waals surface area contributed by atoms with Crippen LogP contribution in [0.1, 0.15) is 43.0 Å². The Kier molecular flexibility index (Phi) is 5.59. The zero-order chi connectivity index (χ0) is 17.8. The van der Waals surface area contributed by atoms with Crippen molar-refractivity contribution in [3.63, 3.8) is 0 Å². The van der Waals surface area contributed by atoms with Gasteiger partial charge in [-0.2, -0.15) is 0 Å². The average Bonchev–Trinajstić information content (AvgIpc) is 2.62. The third kappa shape index (κ3) is 4.13. The van der Waals surface area contributed by atoms with Crippen molar-refractivity contribution in [2.45, 2.75) is 39.7 Å². The number of hydrogen-bond acceptors (Lipinski definition) is 3. The third-order valence-electron chi connectivity index (χ3n) is 4.96. The molecular formula is C21H26FN3. The summed E-state index contributed by atoms with van der Waals surface area (Å²) in [4.78, 5) is 11.4. The van der Waals surface area contributed by atoms with E-state index in [1.54, 1.807) is 13.1 Å². The first-order chi connectivity index (χ1) is 12.1. The average molecular weight is 339 g/mol. The minimum absolute atomic E-state index is 0.229. The van der Waals surface area contributed by atoms with Crippen LogP contribution in [0.2, 0.25) is 0 Å². The SMILES string of the molecule is CN=C(C)c1cc(-c2cccc(CN3CCCCC3)n2)c(F)cc1C. The van der Waals surface area contributed by atoms with Crippen molar-refractivity contribution in [3.8, 4) is 11.3 Å². The maximum absolute atomic E-state index is 14.6. The molecule has 0 N–H and O–H groups in total. The normalized spacial score (nSPS) is 16.2. The van der Waals surface area contributed by atoms with Gasteiger partial charge in [-0.15, -0.1) is 0 Å². The molecule has 0 saturated carbocycles. The molecule has 3 nitrogen and oxygen atoms in total. The van der Waals surface area contributed by atoms with E-state index in [9.17, 15) is 4.39 Å². The van der Waals surface area contributed by atoms with Crippen LogP contribution in [0.4, 0.5) is 4.39 Å². The lowest BCUT2D eigenvalue weighted by Crippen LogP contribution is -2.29. The number of rotatable bonds is 4. The van der Waals surface area contributed by atoms with Crippen molar-refractivity contribution in [3.05, 3.63) is 53.0 Å². The number of benzene rings is 1. The lowest BCUT2D eigenvalue weighted by Gasteiger charge is -2.26. The number of pyridine rings is 1. The van der Waals surface area contributed by atoms with E-state index in [4.69, 9.17) is 4.98 Å². The van der Waals surface area contributed by atoms with Crippen molar-refractivity contribution in [1.82, 2.24) is 9.88 Å². The highest BCUT2D eigenvalue weighted by molar-refractivity contribution is 6.00. The van der Waals surface area contributed by atoms with Crippen molar-refractivity contribution in [2.75, 3.05) is 20.1 Å². The fraction of sp³-hybridized carbons (Fsp3) is 0.429. The van der Waals surface area contributed by atoms with Crippen LogP contribution in [0.15, 0.2) is 35.3 Å². The largest absolute Gasteiger partial charge is 0.298 e. The number of nitrogens with zero attached hydrogens (tertiary/aromatic N) is 3. The maximum atomic E-state index is 14.6. The Labute approximate surface area is 149 Å². The van der Waals surface area contributed by atoms with Gasteiger partial charge in [0, 0.05) is 24.9 Å². The number of likely N-dealkylation sites (tertiary alicyclic amines) is 1. The molecule has 2 aromatic rings. The molecule has 0 radical (unpaired) electrons. The fourth-order valence-corrected chi connectivity index (χ4v) is 3.44. The number of piperidine rings is 1. The minimum atomic E-state index is -0.229. The van der Waals surface area contributed by atoms with E-state index in [1.165, 1.54) is 19.3 Å². The number of aliphatic imine (C=N–C) groups is 1. The molecule has 1 aromatic heterocycles. The highest BCUT2D eigenvalue weighted by Crippen LogP contribution is 2.26. The van der Waals surface area contributed by atoms with Crippen LogP contribution >= 0.6 is 0 Å². The quantitative estimate of drug-likeness (QED) is 0.760. The lowest BCUT2D eigenvalue weighted by atomic mass is 9.99. The second-order valence-electron chi connectivity index (χ2n) is 6.81. The summed E-state index contributed by atoms with van der Waals surface area (Å²) in [6.45, 7) is 6.95. The Morgan fingerprint density at radius 3 is 2.68 bits per heavy atom. The van der Waals surface area contributed by atoms with Gasteiger partial charge in [0.05, 0.1) is 11.4 Å². The summed E-state index contributed by atoms with van der Waals surface area (Å²) in [5.41, 5.74) is 5.02. The van der Waals surface area contributed by atoms with Crippen molar-refractivity contribution < 1.29 is 4.39 Å². The summed E-state index contributed by atoms with van der Waals surface area (Å²) < 4.78 is 14.6. The van der Waals surface area contributed by atoms with E-state index in [0.717, 1.165) is 42.2 Å². The van der Waals surface area contributed by atoms with Gasteiger partial charge in [-0.05, 0) is 75.2 Å². The van der Waals surface area contributed by atoms with Gasteiger partial charge in [-0.3, -0.25) is 14.9 Å². The first-order valence-electron chi connectivity index (χ1n) is 9.01. The molecule has 1 fully saturated rings. The molecule has 0 atom stereocenters. The van der Waals surface area contributed by atoms with Crippen LogP contribution < -0.4 is 0 Å². The van der Waals surface area contributed by atoms with Crippen molar-refractivity contribution in [2.24, 2.45) is 4.99 Å². The molecule has 3 rings (SSSR count). The molecular weight excluding hydrogens is 313 g/mol. The maximum Gasteiger partial charge on any atom is 0.132 e. The van der Waals surface area contributed by atoms with Crippen LogP contribution in [-0.2, 0) is 6.54 Å². The fourth-order valence-electron chi connectivity index (χ4n) is 3.44. The van der Waals surface area contributed by atoms with Crippen LogP contribution in [-0.4, -0.2) is 35.7 Å². The van der Waals surface area contributed by atoms with Gasteiger partial charge in [-0.1, -0.05) is 12.5 Å². The van der Waals surface area contributed by atoms with E-state index in [2.05, 4.69) is 9.89 Å². The van der Waals surface area contributed by atoms with Gasteiger partial charge in [-0.25, -0.2) is 4.39 Å². The summed E-state index contributed by atoms with van der Waals surface area (Å²) in [5, 5.41) is 0. The Balaban J connectivity index is 1.92. The van der Waals surface area contributed by atoms with Crippen molar-refractivity contribution >= 4 is 5.71 Å². The monoisotopic (exact) mass is 339 g/mol. The predicted octanol–water partition coefficient (Wildman–Crippen LogP) is 4.62. The Morgan fingerprint density at radius 1 is 1.20 bits per heavy atom. The van der Waals surface area contributed by atoms with E-state index >= 15 is 0 Å². The molecule has 0 aliphatic carbocycles. The van der Waals surface area contributed by atoms with Crippen LogP contribution in [0.25, 0.3) is 11.3 Å². The Bertz CT molecular complexity index is 777. The molecule has 1 saturated heterocycles. The van der Waals surface area contributed by atoms with Gasteiger partial charge in [0.2, 0.25) is 0 Å². The van der Waals surface area contributed by atoms with E-state index in [1.807, 2.05) is 38.1 Å². The third-order valence-corrected chi connectivity index (χ3v) is 4.96. The molecule has 132 valence electrons. The Morgan fingerprint density at radius 2 is 1.96 bits per heavy atom. The molecule has 1 aromatic carbocycles. The first-order valence-corrected chi connectivity index (χ1v) is 9.01. The number of aromatic nitrogens is 1. The molecule has 0 unspecified atom stereocenters. The smallest absolute Gasteiger partial charge is 0.132 e. The Hall–Kier alpha value is -2.07. The van der Waals surface area contributed by atoms with Gasteiger partial charge in [0.15, 0.2) is 0 Å². The van der Waals surface area contributed by atoms with Gasteiger partial charge in [0.25, 0.3) is 0 Å². The van der Waals surface area contributed by atoms with E-state index in [0.29, 0.717) is 11.3 Å². The summed E-state index contributed by atoms with van der Waals surface area (Å²) in [6, 6.07) is 9.35. The second-order valence-corrected chi connectivity index (χ2v) is 6.81.